The Morgan fingerprint density at radius 3 is 2.57 bits per heavy atom. The first kappa shape index (κ1) is 19.0. The third-order valence-corrected chi connectivity index (χ3v) is 5.99. The second-order valence-corrected chi connectivity index (χ2v) is 7.94. The summed E-state index contributed by atoms with van der Waals surface area (Å²) in [7, 11) is 0. The maximum atomic E-state index is 13.6. The van der Waals surface area contributed by atoms with Crippen LogP contribution in [0.4, 0.5) is 15.8 Å². The Hall–Kier alpha value is -2.99. The number of anilines is 1. The van der Waals surface area contributed by atoms with Gasteiger partial charge in [-0.05, 0) is 42.7 Å². The SMILES string of the molecule is Fc1ccc(C2=Nc3ccccc3N(CCc3ncc[nH]3)C2N2CCCCC2)cc1. The largest absolute Gasteiger partial charge is 0.349 e. The van der Waals surface area contributed by atoms with Crippen LogP contribution in [0.1, 0.15) is 30.7 Å². The van der Waals surface area contributed by atoms with E-state index in [0.29, 0.717) is 0 Å². The molecule has 3 heterocycles. The quantitative estimate of drug-likeness (QED) is 0.680. The van der Waals surface area contributed by atoms with Crippen molar-refractivity contribution in [2.75, 3.05) is 24.5 Å². The predicted molar refractivity (Wildman–Crippen MR) is 118 cm³/mol. The van der Waals surface area contributed by atoms with Gasteiger partial charge in [0, 0.05) is 38.4 Å². The molecule has 0 bridgehead atoms. The van der Waals surface area contributed by atoms with E-state index in [9.17, 15) is 4.39 Å². The van der Waals surface area contributed by atoms with Gasteiger partial charge in [-0.15, -0.1) is 0 Å². The fourth-order valence-electron chi connectivity index (χ4n) is 4.54. The van der Waals surface area contributed by atoms with E-state index in [-0.39, 0.29) is 12.0 Å². The lowest BCUT2D eigenvalue weighted by Crippen LogP contribution is -2.56. The standard InChI is InChI=1S/C24H26FN5/c25-19-10-8-18(9-11-19)23-24(29-15-4-1-5-16-29)30(17-12-22-26-13-14-27-22)21-7-3-2-6-20(21)28-23/h2-3,6-11,13-14,24H,1,4-5,12,15-17H2,(H,26,27). The number of likely N-dealkylation sites (tertiary alicyclic amines) is 1. The van der Waals surface area contributed by atoms with Gasteiger partial charge in [0.1, 0.15) is 17.8 Å². The van der Waals surface area contributed by atoms with Gasteiger partial charge < -0.3 is 9.88 Å². The second-order valence-electron chi connectivity index (χ2n) is 7.94. The molecule has 5 rings (SSSR count). The summed E-state index contributed by atoms with van der Waals surface area (Å²) in [5.74, 6) is 0.760. The summed E-state index contributed by atoms with van der Waals surface area (Å²) in [5, 5.41) is 0. The number of piperidine rings is 1. The highest BCUT2D eigenvalue weighted by molar-refractivity contribution is 6.09. The average Bonchev–Trinajstić information content (AvgIpc) is 3.32. The van der Waals surface area contributed by atoms with Crippen molar-refractivity contribution in [1.82, 2.24) is 14.9 Å². The van der Waals surface area contributed by atoms with Crippen LogP contribution in [0.2, 0.25) is 0 Å². The van der Waals surface area contributed by atoms with Gasteiger partial charge in [0.25, 0.3) is 0 Å². The van der Waals surface area contributed by atoms with Gasteiger partial charge in [-0.25, -0.2) is 14.4 Å². The minimum Gasteiger partial charge on any atom is -0.349 e. The number of nitrogens with one attached hydrogen (secondary N) is 1. The van der Waals surface area contributed by atoms with Crippen molar-refractivity contribution in [3.8, 4) is 0 Å². The molecule has 1 unspecified atom stereocenters. The Bertz CT molecular complexity index is 1010. The maximum absolute atomic E-state index is 13.6. The van der Waals surface area contributed by atoms with Gasteiger partial charge in [-0.1, -0.05) is 30.7 Å². The van der Waals surface area contributed by atoms with Crippen molar-refractivity contribution in [2.24, 2.45) is 4.99 Å². The molecule has 2 aliphatic rings. The predicted octanol–water partition coefficient (Wildman–Crippen LogP) is 4.54. The van der Waals surface area contributed by atoms with E-state index in [2.05, 4.69) is 38.0 Å². The van der Waals surface area contributed by atoms with Gasteiger partial charge in [-0.3, -0.25) is 4.90 Å². The zero-order chi connectivity index (χ0) is 20.3. The summed E-state index contributed by atoms with van der Waals surface area (Å²) >= 11 is 0. The first-order valence-corrected chi connectivity index (χ1v) is 10.7. The van der Waals surface area contributed by atoms with Crippen LogP contribution in [0.3, 0.4) is 0 Å². The highest BCUT2D eigenvalue weighted by Gasteiger charge is 2.35. The molecule has 2 aliphatic heterocycles. The molecule has 1 aromatic heterocycles. The highest BCUT2D eigenvalue weighted by Crippen LogP contribution is 2.37. The van der Waals surface area contributed by atoms with E-state index in [1.165, 1.54) is 31.4 Å². The average molecular weight is 404 g/mol. The van der Waals surface area contributed by atoms with Crippen molar-refractivity contribution in [3.05, 3.63) is 78.1 Å². The number of hydrogen-bond acceptors (Lipinski definition) is 4. The molecule has 0 radical (unpaired) electrons. The van der Waals surface area contributed by atoms with Crippen LogP contribution in [0, 0.1) is 5.82 Å². The fourth-order valence-corrected chi connectivity index (χ4v) is 4.54. The monoisotopic (exact) mass is 403 g/mol. The van der Waals surface area contributed by atoms with Gasteiger partial charge in [-0.2, -0.15) is 0 Å². The molecule has 2 aromatic carbocycles. The maximum Gasteiger partial charge on any atom is 0.126 e. The third-order valence-electron chi connectivity index (χ3n) is 5.99. The molecule has 0 aliphatic carbocycles. The molecule has 0 spiro atoms. The number of fused-ring (bicyclic) bond motifs is 1. The molecule has 0 amide bonds. The number of rotatable bonds is 5. The second kappa shape index (κ2) is 8.40. The molecule has 3 aromatic rings. The zero-order valence-electron chi connectivity index (χ0n) is 17.0. The molecule has 1 fully saturated rings. The van der Waals surface area contributed by atoms with Crippen LogP contribution in [0.5, 0.6) is 0 Å². The molecular weight excluding hydrogens is 377 g/mol. The van der Waals surface area contributed by atoms with E-state index in [4.69, 9.17) is 4.99 Å². The summed E-state index contributed by atoms with van der Waals surface area (Å²) in [5.41, 5.74) is 4.08. The molecule has 1 saturated heterocycles. The normalized spacial score (nSPS) is 19.4. The van der Waals surface area contributed by atoms with Gasteiger partial charge >= 0.3 is 0 Å². The first-order chi connectivity index (χ1) is 14.8. The fraction of sp³-hybridized carbons (Fsp3) is 0.333. The zero-order valence-corrected chi connectivity index (χ0v) is 17.0. The van der Waals surface area contributed by atoms with Crippen LogP contribution in [0.15, 0.2) is 65.9 Å². The molecule has 1 N–H and O–H groups in total. The third kappa shape index (κ3) is 3.75. The van der Waals surface area contributed by atoms with Crippen LogP contribution in [-0.2, 0) is 6.42 Å². The Balaban J connectivity index is 1.58. The van der Waals surface area contributed by atoms with E-state index in [1.54, 1.807) is 6.20 Å². The number of imidazole rings is 1. The number of aliphatic imine (C=N–C) groups is 1. The van der Waals surface area contributed by atoms with E-state index < -0.39 is 0 Å². The highest BCUT2D eigenvalue weighted by atomic mass is 19.1. The molecule has 154 valence electrons. The van der Waals surface area contributed by atoms with Crippen LogP contribution >= 0.6 is 0 Å². The summed E-state index contributed by atoms with van der Waals surface area (Å²) in [6.45, 7) is 2.92. The van der Waals surface area contributed by atoms with Gasteiger partial charge in [0.15, 0.2) is 0 Å². The van der Waals surface area contributed by atoms with Crippen LogP contribution < -0.4 is 4.90 Å². The van der Waals surface area contributed by atoms with E-state index in [0.717, 1.165) is 54.5 Å². The smallest absolute Gasteiger partial charge is 0.126 e. The molecular formula is C24H26FN5. The van der Waals surface area contributed by atoms with Gasteiger partial charge in [0.2, 0.25) is 0 Å². The van der Waals surface area contributed by atoms with Crippen molar-refractivity contribution < 1.29 is 4.39 Å². The van der Waals surface area contributed by atoms with Crippen molar-refractivity contribution in [1.29, 1.82) is 0 Å². The Morgan fingerprint density at radius 1 is 1.00 bits per heavy atom. The number of nitrogens with zero attached hydrogens (tertiary/aromatic N) is 4. The number of benzene rings is 2. The molecule has 30 heavy (non-hydrogen) atoms. The number of H-pyrrole nitrogens is 1. The Labute approximate surface area is 176 Å². The molecule has 1 atom stereocenters. The number of aromatic amines is 1. The van der Waals surface area contributed by atoms with Crippen molar-refractivity contribution in [3.63, 3.8) is 0 Å². The van der Waals surface area contributed by atoms with Crippen LogP contribution in [-0.4, -0.2) is 46.4 Å². The Kier molecular flexibility index (Phi) is 5.32. The lowest BCUT2D eigenvalue weighted by Gasteiger charge is -2.45. The Morgan fingerprint density at radius 2 is 1.80 bits per heavy atom. The number of aromatic nitrogens is 2. The van der Waals surface area contributed by atoms with E-state index >= 15 is 0 Å². The summed E-state index contributed by atoms with van der Waals surface area (Å²) in [6, 6.07) is 15.1. The molecule has 6 heteroatoms. The van der Waals surface area contributed by atoms with Gasteiger partial charge in [0.05, 0.1) is 17.1 Å². The van der Waals surface area contributed by atoms with Crippen molar-refractivity contribution >= 4 is 17.1 Å². The summed E-state index contributed by atoms with van der Waals surface area (Å²) in [6.07, 6.45) is 8.18. The van der Waals surface area contributed by atoms with Crippen LogP contribution in [0.25, 0.3) is 0 Å². The topological polar surface area (TPSA) is 47.5 Å². The minimum absolute atomic E-state index is 0.0284. The lowest BCUT2D eigenvalue weighted by molar-refractivity contribution is 0.196. The first-order valence-electron chi connectivity index (χ1n) is 10.7. The number of halogens is 1. The minimum atomic E-state index is -0.222. The molecule has 5 nitrogen and oxygen atoms in total. The van der Waals surface area contributed by atoms with Crippen molar-refractivity contribution in [2.45, 2.75) is 31.8 Å². The summed E-state index contributed by atoms with van der Waals surface area (Å²) in [4.78, 5) is 17.7. The van der Waals surface area contributed by atoms with E-state index in [1.807, 2.05) is 24.4 Å². The lowest BCUT2D eigenvalue weighted by atomic mass is 9.99. The summed E-state index contributed by atoms with van der Waals surface area (Å²) < 4.78 is 13.6. The number of hydrogen-bond donors (Lipinski definition) is 1. The molecule has 0 saturated carbocycles. The number of para-hydroxylation sites is 2.